The van der Waals surface area contributed by atoms with Gasteiger partial charge in [0.25, 0.3) is 0 Å². The molecule has 0 aromatic carbocycles. The number of terminal acetylenes is 1. The number of halogens is 2. The van der Waals surface area contributed by atoms with E-state index in [1.54, 1.807) is 23.4 Å². The highest BCUT2D eigenvalue weighted by Crippen LogP contribution is 2.43. The fourth-order valence-electron chi connectivity index (χ4n) is 2.57. The van der Waals surface area contributed by atoms with E-state index in [4.69, 9.17) is 22.8 Å². The molecule has 0 saturated heterocycles. The number of ether oxygens (including phenoxy) is 1. The van der Waals surface area contributed by atoms with E-state index >= 15 is 0 Å². The van der Waals surface area contributed by atoms with Crippen LogP contribution in [0.5, 0.6) is 5.88 Å². The minimum absolute atomic E-state index is 0.122. The van der Waals surface area contributed by atoms with Gasteiger partial charge >= 0.3 is 0 Å². The third kappa shape index (κ3) is 3.38. The van der Waals surface area contributed by atoms with Crippen LogP contribution in [0.15, 0.2) is 29.4 Å². The fourth-order valence-corrected chi connectivity index (χ4v) is 4.59. The van der Waals surface area contributed by atoms with Crippen molar-refractivity contribution < 1.29 is 17.5 Å². The fraction of sp³-hybridized carbons (Fsp3) is 0.250. The second kappa shape index (κ2) is 6.86. The van der Waals surface area contributed by atoms with E-state index in [1.807, 2.05) is 6.07 Å². The van der Waals surface area contributed by atoms with Crippen molar-refractivity contribution >= 4 is 27.1 Å². The van der Waals surface area contributed by atoms with Crippen molar-refractivity contribution in [3.05, 3.63) is 41.1 Å². The monoisotopic (exact) mass is 381 g/mol. The number of hydrogen-bond acceptors (Lipinski definition) is 6. The number of sulfone groups is 1. The maximum atomic E-state index is 14.0. The predicted octanol–water partition coefficient (Wildman–Crippen LogP) is 2.07. The van der Waals surface area contributed by atoms with Crippen molar-refractivity contribution in [2.45, 2.75) is 11.4 Å². The van der Waals surface area contributed by atoms with E-state index in [-0.39, 0.29) is 35.4 Å². The summed E-state index contributed by atoms with van der Waals surface area (Å²) in [6.07, 6.45) is 8.46. The molecule has 0 N–H and O–H groups in total. The first-order valence-corrected chi connectivity index (χ1v) is 9.29. The number of pyridine rings is 2. The highest BCUT2D eigenvalue weighted by Gasteiger charge is 2.36. The maximum Gasteiger partial charge on any atom is 0.242 e. The number of aromatic nitrogens is 2. The Morgan fingerprint density at radius 3 is 2.96 bits per heavy atom. The first kappa shape index (κ1) is 17.5. The lowest BCUT2D eigenvalue weighted by Crippen LogP contribution is -2.36. The van der Waals surface area contributed by atoms with Crippen LogP contribution in [0.2, 0.25) is 5.02 Å². The third-order valence-electron chi connectivity index (χ3n) is 3.64. The summed E-state index contributed by atoms with van der Waals surface area (Å²) in [6.45, 7) is 0.341. The molecule has 6 nitrogen and oxygen atoms in total. The van der Waals surface area contributed by atoms with E-state index < -0.39 is 20.8 Å². The van der Waals surface area contributed by atoms with Gasteiger partial charge in [-0.15, -0.1) is 6.42 Å². The standard InChI is InChI=1S/C16H13ClFN3O3S/c1-2-7-24-16-13-14(12(17)15(18)20-16)25(22,23)8-6-21(13)10-11-4-3-5-19-9-11/h1,3-5,9H,6-8,10H2. The van der Waals surface area contributed by atoms with Gasteiger partial charge in [-0.1, -0.05) is 23.6 Å². The molecule has 0 amide bonds. The Morgan fingerprint density at radius 2 is 2.28 bits per heavy atom. The van der Waals surface area contributed by atoms with E-state index in [1.165, 1.54) is 0 Å². The van der Waals surface area contributed by atoms with Crippen LogP contribution in [-0.4, -0.2) is 37.3 Å². The van der Waals surface area contributed by atoms with Gasteiger partial charge in [0.2, 0.25) is 11.8 Å². The molecule has 0 fully saturated rings. The van der Waals surface area contributed by atoms with E-state index in [9.17, 15) is 12.8 Å². The zero-order chi connectivity index (χ0) is 18.0. The van der Waals surface area contributed by atoms with Gasteiger partial charge in [0, 0.05) is 25.5 Å². The molecule has 0 atom stereocenters. The highest BCUT2D eigenvalue weighted by molar-refractivity contribution is 7.91. The molecule has 0 saturated carbocycles. The first-order valence-electron chi connectivity index (χ1n) is 7.26. The molecular formula is C16H13ClFN3O3S. The van der Waals surface area contributed by atoms with Gasteiger partial charge in [0.1, 0.15) is 15.6 Å². The molecule has 1 aliphatic heterocycles. The van der Waals surface area contributed by atoms with Crippen LogP contribution in [0.25, 0.3) is 0 Å². The van der Waals surface area contributed by atoms with Crippen molar-refractivity contribution in [3.63, 3.8) is 0 Å². The minimum Gasteiger partial charge on any atom is -0.463 e. The molecule has 0 bridgehead atoms. The topological polar surface area (TPSA) is 72.4 Å². The zero-order valence-corrected chi connectivity index (χ0v) is 14.5. The average Bonchev–Trinajstić information content (AvgIpc) is 2.59. The third-order valence-corrected chi connectivity index (χ3v) is 5.84. The molecule has 2 aromatic heterocycles. The van der Waals surface area contributed by atoms with Crippen LogP contribution < -0.4 is 9.64 Å². The number of anilines is 1. The van der Waals surface area contributed by atoms with Crippen LogP contribution in [-0.2, 0) is 16.4 Å². The Kier molecular flexibility index (Phi) is 4.79. The lowest BCUT2D eigenvalue weighted by Gasteiger charge is -2.32. The Bertz CT molecular complexity index is 945. The normalized spacial score (nSPS) is 15.3. The number of hydrogen-bond donors (Lipinski definition) is 0. The lowest BCUT2D eigenvalue weighted by molar-refractivity contribution is 0.346. The second-order valence-corrected chi connectivity index (χ2v) is 7.72. The van der Waals surface area contributed by atoms with Gasteiger partial charge in [0.15, 0.2) is 16.4 Å². The van der Waals surface area contributed by atoms with E-state index in [0.29, 0.717) is 6.54 Å². The molecule has 9 heteroatoms. The Balaban J connectivity index is 2.15. The molecule has 25 heavy (non-hydrogen) atoms. The van der Waals surface area contributed by atoms with Crippen molar-refractivity contribution in [3.8, 4) is 18.2 Å². The van der Waals surface area contributed by atoms with Crippen LogP contribution in [0.3, 0.4) is 0 Å². The van der Waals surface area contributed by atoms with E-state index in [0.717, 1.165) is 5.56 Å². The Morgan fingerprint density at radius 1 is 1.48 bits per heavy atom. The molecule has 130 valence electrons. The first-order chi connectivity index (χ1) is 11.9. The number of nitrogens with zero attached hydrogens (tertiary/aromatic N) is 3. The van der Waals surface area contributed by atoms with Gasteiger partial charge in [-0.05, 0) is 11.6 Å². The smallest absolute Gasteiger partial charge is 0.242 e. The van der Waals surface area contributed by atoms with Gasteiger partial charge in [-0.2, -0.15) is 9.37 Å². The largest absolute Gasteiger partial charge is 0.463 e. The average molecular weight is 382 g/mol. The van der Waals surface area contributed by atoms with Gasteiger partial charge in [-0.3, -0.25) is 4.98 Å². The quantitative estimate of drug-likeness (QED) is 0.596. The molecule has 3 rings (SSSR count). The second-order valence-electron chi connectivity index (χ2n) is 5.29. The Hall–Kier alpha value is -2.37. The van der Waals surface area contributed by atoms with Crippen molar-refractivity contribution in [1.82, 2.24) is 9.97 Å². The molecule has 2 aromatic rings. The van der Waals surface area contributed by atoms with Crippen molar-refractivity contribution in [2.24, 2.45) is 0 Å². The molecular weight excluding hydrogens is 369 g/mol. The zero-order valence-electron chi connectivity index (χ0n) is 12.9. The molecule has 0 aliphatic carbocycles. The number of rotatable bonds is 4. The maximum absolute atomic E-state index is 14.0. The molecule has 0 unspecified atom stereocenters. The summed E-state index contributed by atoms with van der Waals surface area (Å²) < 4.78 is 44.2. The summed E-state index contributed by atoms with van der Waals surface area (Å²) in [5.41, 5.74) is 0.966. The van der Waals surface area contributed by atoms with Gasteiger partial charge in [-0.25, -0.2) is 8.42 Å². The molecule has 3 heterocycles. The Labute approximate surface area is 149 Å². The van der Waals surface area contributed by atoms with Gasteiger partial charge in [0.05, 0.1) is 5.75 Å². The molecule has 0 radical (unpaired) electrons. The van der Waals surface area contributed by atoms with E-state index in [2.05, 4.69) is 15.9 Å². The molecule has 1 aliphatic rings. The lowest BCUT2D eigenvalue weighted by atomic mass is 10.2. The summed E-state index contributed by atoms with van der Waals surface area (Å²) in [4.78, 5) is 9.08. The summed E-state index contributed by atoms with van der Waals surface area (Å²) in [6, 6.07) is 3.61. The summed E-state index contributed by atoms with van der Waals surface area (Å²) >= 11 is 5.92. The van der Waals surface area contributed by atoms with Crippen LogP contribution in [0, 0.1) is 18.3 Å². The van der Waals surface area contributed by atoms with Crippen molar-refractivity contribution in [1.29, 1.82) is 0 Å². The highest BCUT2D eigenvalue weighted by atomic mass is 35.5. The van der Waals surface area contributed by atoms with Crippen LogP contribution >= 0.6 is 11.6 Å². The molecule has 0 spiro atoms. The minimum atomic E-state index is -3.77. The van der Waals surface area contributed by atoms with Crippen molar-refractivity contribution in [2.75, 3.05) is 23.8 Å². The predicted molar refractivity (Wildman–Crippen MR) is 90.9 cm³/mol. The summed E-state index contributed by atoms with van der Waals surface area (Å²) in [5.74, 6) is 0.746. The van der Waals surface area contributed by atoms with Gasteiger partial charge < -0.3 is 9.64 Å². The summed E-state index contributed by atoms with van der Waals surface area (Å²) in [7, 11) is -3.77. The van der Waals surface area contributed by atoms with Crippen LogP contribution in [0.1, 0.15) is 5.56 Å². The van der Waals surface area contributed by atoms with Crippen LogP contribution in [0.4, 0.5) is 10.1 Å². The number of fused-ring (bicyclic) bond motifs is 1. The SMILES string of the molecule is C#CCOc1nc(F)c(Cl)c2c1N(Cc1cccnc1)CCS2(=O)=O. The summed E-state index contributed by atoms with van der Waals surface area (Å²) in [5, 5.41) is -0.543.